The number of hydrogen-bond donors (Lipinski definition) is 0. The van der Waals surface area contributed by atoms with E-state index < -0.39 is 0 Å². The first kappa shape index (κ1) is 14.2. The zero-order valence-electron chi connectivity index (χ0n) is 12.3. The molecule has 0 amide bonds. The van der Waals surface area contributed by atoms with Gasteiger partial charge in [0.05, 0.1) is 0 Å². The second kappa shape index (κ2) is 6.36. The van der Waals surface area contributed by atoms with Crippen LogP contribution in [-0.4, -0.2) is 28.3 Å². The standard InChI is InChI=1S/C17H21N3O/c18-11-15-13(5-3-9-19-15)12-20-10-4-7-16(20)14-6-1-2-8-17(14)21/h3,5,9,14,16H,1-2,4,6-8,10,12H2. The van der Waals surface area contributed by atoms with Gasteiger partial charge in [-0.2, -0.15) is 5.26 Å². The Labute approximate surface area is 125 Å². The summed E-state index contributed by atoms with van der Waals surface area (Å²) in [6.07, 6.45) is 7.95. The molecule has 0 bridgehead atoms. The lowest BCUT2D eigenvalue weighted by molar-refractivity contribution is -0.126. The summed E-state index contributed by atoms with van der Waals surface area (Å²) in [5, 5.41) is 9.16. The van der Waals surface area contributed by atoms with Crippen LogP contribution in [0.15, 0.2) is 18.3 Å². The Morgan fingerprint density at radius 1 is 1.33 bits per heavy atom. The SMILES string of the molecule is N#Cc1ncccc1CN1CCCC1C1CCCCC1=O. The van der Waals surface area contributed by atoms with Crippen molar-refractivity contribution in [2.24, 2.45) is 5.92 Å². The average molecular weight is 283 g/mol. The highest BCUT2D eigenvalue weighted by Gasteiger charge is 2.36. The Bertz CT molecular complexity index is 563. The molecule has 21 heavy (non-hydrogen) atoms. The van der Waals surface area contributed by atoms with E-state index in [9.17, 15) is 4.79 Å². The minimum absolute atomic E-state index is 0.212. The summed E-state index contributed by atoms with van der Waals surface area (Å²) in [6, 6.07) is 6.39. The predicted molar refractivity (Wildman–Crippen MR) is 79.3 cm³/mol. The van der Waals surface area contributed by atoms with Crippen LogP contribution < -0.4 is 0 Å². The van der Waals surface area contributed by atoms with Gasteiger partial charge in [0.2, 0.25) is 0 Å². The predicted octanol–water partition coefficient (Wildman–Crippen LogP) is 2.68. The molecule has 1 aliphatic heterocycles. The highest BCUT2D eigenvalue weighted by Crippen LogP contribution is 2.33. The fourth-order valence-corrected chi connectivity index (χ4v) is 3.81. The number of aromatic nitrogens is 1. The van der Waals surface area contributed by atoms with E-state index in [-0.39, 0.29) is 5.92 Å². The molecule has 0 N–H and O–H groups in total. The van der Waals surface area contributed by atoms with E-state index in [0.29, 0.717) is 17.5 Å². The number of nitrogens with zero attached hydrogens (tertiary/aromatic N) is 3. The van der Waals surface area contributed by atoms with Crippen molar-refractivity contribution in [3.8, 4) is 6.07 Å². The lowest BCUT2D eigenvalue weighted by Gasteiger charge is -2.33. The molecule has 2 unspecified atom stereocenters. The lowest BCUT2D eigenvalue weighted by Crippen LogP contribution is -2.40. The van der Waals surface area contributed by atoms with Gasteiger partial charge in [0.25, 0.3) is 0 Å². The first-order valence-corrected chi connectivity index (χ1v) is 7.90. The largest absolute Gasteiger partial charge is 0.299 e. The Morgan fingerprint density at radius 3 is 3.05 bits per heavy atom. The second-order valence-electron chi connectivity index (χ2n) is 6.12. The molecule has 1 aromatic heterocycles. The Balaban J connectivity index is 1.75. The number of hydrogen-bond acceptors (Lipinski definition) is 4. The summed E-state index contributed by atoms with van der Waals surface area (Å²) in [6.45, 7) is 1.76. The number of nitriles is 1. The molecule has 2 heterocycles. The van der Waals surface area contributed by atoms with E-state index in [1.54, 1.807) is 6.20 Å². The number of likely N-dealkylation sites (tertiary alicyclic amines) is 1. The van der Waals surface area contributed by atoms with Crippen LogP contribution in [0.4, 0.5) is 0 Å². The van der Waals surface area contributed by atoms with Gasteiger partial charge >= 0.3 is 0 Å². The highest BCUT2D eigenvalue weighted by molar-refractivity contribution is 5.82. The summed E-state index contributed by atoms with van der Waals surface area (Å²) in [7, 11) is 0. The van der Waals surface area contributed by atoms with Gasteiger partial charge in [-0.1, -0.05) is 12.5 Å². The fourth-order valence-electron chi connectivity index (χ4n) is 3.81. The molecule has 1 saturated heterocycles. The molecule has 4 heteroatoms. The van der Waals surface area contributed by atoms with E-state index in [1.807, 2.05) is 12.1 Å². The van der Waals surface area contributed by atoms with Crippen molar-refractivity contribution in [1.29, 1.82) is 5.26 Å². The molecular weight excluding hydrogens is 262 g/mol. The maximum absolute atomic E-state index is 12.2. The maximum Gasteiger partial charge on any atom is 0.144 e. The van der Waals surface area contributed by atoms with Gasteiger partial charge in [-0.15, -0.1) is 0 Å². The minimum Gasteiger partial charge on any atom is -0.299 e. The van der Waals surface area contributed by atoms with Crippen LogP contribution >= 0.6 is 0 Å². The summed E-state index contributed by atoms with van der Waals surface area (Å²) < 4.78 is 0. The van der Waals surface area contributed by atoms with E-state index in [0.717, 1.165) is 50.8 Å². The van der Waals surface area contributed by atoms with Gasteiger partial charge in [-0.25, -0.2) is 4.98 Å². The summed E-state index contributed by atoms with van der Waals surface area (Å²) >= 11 is 0. The fraction of sp³-hybridized carbons (Fsp3) is 0.588. The van der Waals surface area contributed by atoms with Crippen LogP contribution in [0.25, 0.3) is 0 Å². The van der Waals surface area contributed by atoms with Crippen molar-refractivity contribution in [1.82, 2.24) is 9.88 Å². The number of ketones is 1. The van der Waals surface area contributed by atoms with E-state index in [2.05, 4.69) is 16.0 Å². The molecule has 0 spiro atoms. The molecule has 4 nitrogen and oxygen atoms in total. The van der Waals surface area contributed by atoms with Gasteiger partial charge in [0.1, 0.15) is 17.5 Å². The lowest BCUT2D eigenvalue weighted by atomic mass is 9.81. The Hall–Kier alpha value is -1.73. The summed E-state index contributed by atoms with van der Waals surface area (Å²) in [5.41, 5.74) is 1.49. The first-order valence-electron chi connectivity index (χ1n) is 7.90. The Kier molecular flexibility index (Phi) is 4.31. The topological polar surface area (TPSA) is 57.0 Å². The maximum atomic E-state index is 12.2. The van der Waals surface area contributed by atoms with Crippen LogP contribution in [-0.2, 0) is 11.3 Å². The smallest absolute Gasteiger partial charge is 0.144 e. The van der Waals surface area contributed by atoms with Crippen LogP contribution in [0.1, 0.15) is 49.8 Å². The van der Waals surface area contributed by atoms with Crippen molar-refractivity contribution >= 4 is 5.78 Å². The van der Waals surface area contributed by atoms with Crippen LogP contribution in [0.5, 0.6) is 0 Å². The van der Waals surface area contributed by atoms with Crippen molar-refractivity contribution < 1.29 is 4.79 Å². The first-order chi connectivity index (χ1) is 10.3. The molecule has 110 valence electrons. The quantitative estimate of drug-likeness (QED) is 0.855. The molecule has 3 rings (SSSR count). The third kappa shape index (κ3) is 2.98. The second-order valence-corrected chi connectivity index (χ2v) is 6.12. The molecule has 0 radical (unpaired) electrons. The molecule has 1 aliphatic carbocycles. The molecule has 0 aromatic carbocycles. The van der Waals surface area contributed by atoms with Gasteiger partial charge in [-0.3, -0.25) is 9.69 Å². The molecule has 2 fully saturated rings. The number of rotatable bonds is 3. The zero-order chi connectivity index (χ0) is 14.7. The van der Waals surface area contributed by atoms with Crippen LogP contribution in [0.3, 0.4) is 0 Å². The van der Waals surface area contributed by atoms with Crippen LogP contribution in [0, 0.1) is 17.2 Å². The molecule has 2 atom stereocenters. The number of carbonyl (C=O) groups excluding carboxylic acids is 1. The highest BCUT2D eigenvalue weighted by atomic mass is 16.1. The number of carbonyl (C=O) groups is 1. The zero-order valence-corrected chi connectivity index (χ0v) is 12.3. The van der Waals surface area contributed by atoms with Crippen molar-refractivity contribution in [2.45, 2.75) is 51.1 Å². The average Bonchev–Trinajstić information content (AvgIpc) is 2.96. The molecular formula is C17H21N3O. The van der Waals surface area contributed by atoms with Gasteiger partial charge in [-0.05, 0) is 38.3 Å². The van der Waals surface area contributed by atoms with Crippen molar-refractivity contribution in [3.63, 3.8) is 0 Å². The van der Waals surface area contributed by atoms with E-state index in [4.69, 9.17) is 5.26 Å². The van der Waals surface area contributed by atoms with Gasteiger partial charge < -0.3 is 0 Å². The van der Waals surface area contributed by atoms with Crippen LogP contribution in [0.2, 0.25) is 0 Å². The van der Waals surface area contributed by atoms with Gasteiger partial charge in [0, 0.05) is 36.7 Å². The number of Topliss-reactive ketones (excluding diaryl/α,β-unsaturated/α-hetero) is 1. The third-order valence-electron chi connectivity index (χ3n) is 4.85. The van der Waals surface area contributed by atoms with Crippen molar-refractivity contribution in [2.75, 3.05) is 6.54 Å². The van der Waals surface area contributed by atoms with Crippen molar-refractivity contribution in [3.05, 3.63) is 29.6 Å². The Morgan fingerprint density at radius 2 is 2.24 bits per heavy atom. The van der Waals surface area contributed by atoms with E-state index >= 15 is 0 Å². The third-order valence-corrected chi connectivity index (χ3v) is 4.85. The summed E-state index contributed by atoms with van der Waals surface area (Å²) in [5.74, 6) is 0.660. The molecule has 1 aromatic rings. The van der Waals surface area contributed by atoms with E-state index in [1.165, 1.54) is 6.42 Å². The molecule has 1 saturated carbocycles. The normalized spacial score (nSPS) is 26.7. The van der Waals surface area contributed by atoms with Gasteiger partial charge in [0.15, 0.2) is 0 Å². The minimum atomic E-state index is 0.212. The molecule has 2 aliphatic rings. The summed E-state index contributed by atoms with van der Waals surface area (Å²) in [4.78, 5) is 18.7. The monoisotopic (exact) mass is 283 g/mol. The number of pyridine rings is 1.